The van der Waals surface area contributed by atoms with Crippen molar-refractivity contribution in [1.82, 2.24) is 5.32 Å². The molecule has 1 aromatic carbocycles. The number of fused-ring (bicyclic) bond motifs is 1. The minimum absolute atomic E-state index is 0.131. The molecule has 2 rings (SSSR count). The Morgan fingerprint density at radius 2 is 2.27 bits per heavy atom. The summed E-state index contributed by atoms with van der Waals surface area (Å²) in [5.41, 5.74) is 0.805. The van der Waals surface area contributed by atoms with E-state index in [1.165, 1.54) is 13.2 Å². The van der Waals surface area contributed by atoms with Crippen LogP contribution in [0.4, 0.5) is 4.39 Å². The molecule has 3 nitrogen and oxygen atoms in total. The zero-order chi connectivity index (χ0) is 10.8. The summed E-state index contributed by atoms with van der Waals surface area (Å²) in [6, 6.07) is 2.83. The monoisotopic (exact) mass is 209 g/mol. The van der Waals surface area contributed by atoms with Crippen molar-refractivity contribution in [3.8, 4) is 5.75 Å². The molecule has 0 atom stereocenters. The Labute approximate surface area is 87.2 Å². The van der Waals surface area contributed by atoms with E-state index in [2.05, 4.69) is 5.32 Å². The van der Waals surface area contributed by atoms with E-state index in [0.717, 1.165) is 6.42 Å². The maximum Gasteiger partial charge on any atom is 0.254 e. The Morgan fingerprint density at radius 3 is 3.00 bits per heavy atom. The van der Waals surface area contributed by atoms with Crippen molar-refractivity contribution in [2.45, 2.75) is 12.8 Å². The van der Waals surface area contributed by atoms with Crippen LogP contribution in [-0.4, -0.2) is 19.6 Å². The van der Waals surface area contributed by atoms with Crippen LogP contribution in [-0.2, 0) is 6.42 Å². The SMILES string of the molecule is COc1ccc(F)c2c1CCCNC2=O. The third kappa shape index (κ3) is 1.67. The van der Waals surface area contributed by atoms with Gasteiger partial charge in [0.1, 0.15) is 11.6 Å². The average Bonchev–Trinajstić information content (AvgIpc) is 2.42. The molecule has 1 aliphatic heterocycles. The maximum absolute atomic E-state index is 13.5. The molecule has 15 heavy (non-hydrogen) atoms. The zero-order valence-electron chi connectivity index (χ0n) is 8.47. The van der Waals surface area contributed by atoms with Crippen LogP contribution in [0.3, 0.4) is 0 Å². The number of carbonyl (C=O) groups is 1. The first-order chi connectivity index (χ1) is 7.24. The average molecular weight is 209 g/mol. The molecular formula is C11H12FNO2. The number of halogens is 1. The zero-order valence-corrected chi connectivity index (χ0v) is 8.47. The Morgan fingerprint density at radius 1 is 1.47 bits per heavy atom. The topological polar surface area (TPSA) is 38.3 Å². The van der Waals surface area contributed by atoms with E-state index in [1.54, 1.807) is 6.07 Å². The van der Waals surface area contributed by atoms with Crippen LogP contribution in [0.2, 0.25) is 0 Å². The highest BCUT2D eigenvalue weighted by molar-refractivity contribution is 5.97. The number of nitrogens with one attached hydrogen (secondary N) is 1. The molecule has 0 fully saturated rings. The fourth-order valence-corrected chi connectivity index (χ4v) is 1.84. The predicted octanol–water partition coefficient (Wildman–Crippen LogP) is 1.51. The lowest BCUT2D eigenvalue weighted by Gasteiger charge is -2.10. The molecule has 0 unspecified atom stereocenters. The third-order valence-corrected chi connectivity index (χ3v) is 2.56. The van der Waals surface area contributed by atoms with Gasteiger partial charge < -0.3 is 10.1 Å². The summed E-state index contributed by atoms with van der Waals surface area (Å²) in [6.45, 7) is 0.579. The van der Waals surface area contributed by atoms with Gasteiger partial charge in [0.2, 0.25) is 0 Å². The number of hydrogen-bond donors (Lipinski definition) is 1. The van der Waals surface area contributed by atoms with E-state index in [-0.39, 0.29) is 11.5 Å². The van der Waals surface area contributed by atoms with Crippen molar-refractivity contribution >= 4 is 5.91 Å². The van der Waals surface area contributed by atoms with E-state index in [4.69, 9.17) is 4.74 Å². The van der Waals surface area contributed by atoms with Gasteiger partial charge in [-0.15, -0.1) is 0 Å². The van der Waals surface area contributed by atoms with E-state index in [1.807, 2.05) is 0 Å². The Bertz CT molecular complexity index is 404. The molecule has 0 aromatic heterocycles. The van der Waals surface area contributed by atoms with Crippen LogP contribution in [0.15, 0.2) is 12.1 Å². The van der Waals surface area contributed by atoms with Gasteiger partial charge in [0.05, 0.1) is 12.7 Å². The quantitative estimate of drug-likeness (QED) is 0.761. The lowest BCUT2D eigenvalue weighted by Crippen LogP contribution is -2.23. The summed E-state index contributed by atoms with van der Waals surface area (Å²) in [7, 11) is 1.52. The van der Waals surface area contributed by atoms with Crippen molar-refractivity contribution in [3.63, 3.8) is 0 Å². The Balaban J connectivity index is 2.60. The van der Waals surface area contributed by atoms with Gasteiger partial charge in [-0.25, -0.2) is 4.39 Å². The summed E-state index contributed by atoms with van der Waals surface area (Å²) in [4.78, 5) is 11.6. The first-order valence-corrected chi connectivity index (χ1v) is 4.87. The molecule has 1 aliphatic rings. The van der Waals surface area contributed by atoms with Crippen molar-refractivity contribution in [3.05, 3.63) is 29.1 Å². The number of benzene rings is 1. The summed E-state index contributed by atoms with van der Waals surface area (Å²) in [5, 5.41) is 2.66. The van der Waals surface area contributed by atoms with Gasteiger partial charge >= 0.3 is 0 Å². The van der Waals surface area contributed by atoms with Crippen molar-refractivity contribution < 1.29 is 13.9 Å². The lowest BCUT2D eigenvalue weighted by molar-refractivity contribution is 0.0952. The second-order valence-electron chi connectivity index (χ2n) is 3.46. The largest absolute Gasteiger partial charge is 0.496 e. The highest BCUT2D eigenvalue weighted by atomic mass is 19.1. The summed E-state index contributed by atoms with van der Waals surface area (Å²) in [5.74, 6) is -0.243. The molecule has 0 saturated carbocycles. The molecule has 1 aromatic rings. The summed E-state index contributed by atoms with van der Waals surface area (Å²) in [6.07, 6.45) is 1.47. The maximum atomic E-state index is 13.5. The van der Waals surface area contributed by atoms with Crippen LogP contribution in [0.1, 0.15) is 22.3 Å². The number of rotatable bonds is 1. The van der Waals surface area contributed by atoms with Gasteiger partial charge in [-0.3, -0.25) is 4.79 Å². The Kier molecular flexibility index (Phi) is 2.58. The Hall–Kier alpha value is -1.58. The fraction of sp³-hybridized carbons (Fsp3) is 0.364. The van der Waals surface area contributed by atoms with Crippen LogP contribution < -0.4 is 10.1 Å². The van der Waals surface area contributed by atoms with Crippen LogP contribution in [0.5, 0.6) is 5.75 Å². The van der Waals surface area contributed by atoms with Crippen LogP contribution in [0.25, 0.3) is 0 Å². The fourth-order valence-electron chi connectivity index (χ4n) is 1.84. The molecule has 1 amide bonds. The molecule has 4 heteroatoms. The van der Waals surface area contributed by atoms with E-state index in [0.29, 0.717) is 24.3 Å². The van der Waals surface area contributed by atoms with Crippen molar-refractivity contribution in [2.75, 3.05) is 13.7 Å². The van der Waals surface area contributed by atoms with Crippen molar-refractivity contribution in [1.29, 1.82) is 0 Å². The summed E-state index contributed by atoms with van der Waals surface area (Å²) >= 11 is 0. The van der Waals surface area contributed by atoms with Crippen molar-refractivity contribution in [2.24, 2.45) is 0 Å². The molecule has 1 N–H and O–H groups in total. The van der Waals surface area contributed by atoms with Gasteiger partial charge in [-0.05, 0) is 25.0 Å². The number of carbonyl (C=O) groups excluding carboxylic acids is 1. The van der Waals surface area contributed by atoms with E-state index >= 15 is 0 Å². The van der Waals surface area contributed by atoms with Gasteiger partial charge in [0.15, 0.2) is 0 Å². The molecule has 0 bridgehead atoms. The second-order valence-corrected chi connectivity index (χ2v) is 3.46. The molecule has 80 valence electrons. The highest BCUT2D eigenvalue weighted by Gasteiger charge is 2.22. The predicted molar refractivity (Wildman–Crippen MR) is 53.6 cm³/mol. The minimum Gasteiger partial charge on any atom is -0.496 e. The molecular weight excluding hydrogens is 197 g/mol. The molecule has 0 aliphatic carbocycles. The van der Waals surface area contributed by atoms with E-state index < -0.39 is 5.82 Å². The number of methoxy groups -OCH3 is 1. The standard InChI is InChI=1S/C11H12FNO2/c1-15-9-5-4-8(12)10-7(9)3-2-6-13-11(10)14/h4-5H,2-3,6H2,1H3,(H,13,14). The first kappa shape index (κ1) is 9.96. The summed E-state index contributed by atoms with van der Waals surface area (Å²) < 4.78 is 18.6. The number of amides is 1. The normalized spacial score (nSPS) is 15.2. The van der Waals surface area contributed by atoms with Crippen LogP contribution >= 0.6 is 0 Å². The molecule has 0 spiro atoms. The highest BCUT2D eigenvalue weighted by Crippen LogP contribution is 2.27. The van der Waals surface area contributed by atoms with E-state index in [9.17, 15) is 9.18 Å². The van der Waals surface area contributed by atoms with Gasteiger partial charge in [0.25, 0.3) is 5.91 Å². The lowest BCUT2D eigenvalue weighted by atomic mass is 10.0. The molecule has 0 saturated heterocycles. The van der Waals surface area contributed by atoms with Gasteiger partial charge in [0, 0.05) is 12.1 Å². The number of ether oxygens (including phenoxy) is 1. The smallest absolute Gasteiger partial charge is 0.254 e. The number of hydrogen-bond acceptors (Lipinski definition) is 2. The third-order valence-electron chi connectivity index (χ3n) is 2.56. The second kappa shape index (κ2) is 3.88. The molecule has 1 heterocycles. The molecule has 0 radical (unpaired) electrons. The van der Waals surface area contributed by atoms with Gasteiger partial charge in [-0.2, -0.15) is 0 Å². The first-order valence-electron chi connectivity index (χ1n) is 4.87. The van der Waals surface area contributed by atoms with Gasteiger partial charge in [-0.1, -0.05) is 0 Å². The van der Waals surface area contributed by atoms with Crippen LogP contribution in [0, 0.1) is 5.82 Å². The minimum atomic E-state index is -0.481.